The molecule has 0 amide bonds. The Morgan fingerprint density at radius 3 is 2.67 bits per heavy atom. The zero-order chi connectivity index (χ0) is 15.0. The Balaban J connectivity index is 1.78. The number of fused-ring (bicyclic) bond motifs is 1. The van der Waals surface area contributed by atoms with E-state index in [-0.39, 0.29) is 6.04 Å². The Morgan fingerprint density at radius 2 is 2.00 bits per heavy atom. The van der Waals surface area contributed by atoms with Crippen molar-refractivity contribution < 1.29 is 13.2 Å². The summed E-state index contributed by atoms with van der Waals surface area (Å²) in [4.78, 5) is 3.48. The van der Waals surface area contributed by atoms with Crippen molar-refractivity contribution in [2.45, 2.75) is 32.0 Å². The molecular weight excluding hydrogens is 277 g/mol. The van der Waals surface area contributed by atoms with Gasteiger partial charge in [-0.15, -0.1) is 0 Å². The van der Waals surface area contributed by atoms with Crippen LogP contribution in [0.25, 0.3) is 0 Å². The number of rotatable bonds is 2. The zero-order valence-electron chi connectivity index (χ0n) is 11.5. The molecule has 0 saturated heterocycles. The van der Waals surface area contributed by atoms with Crippen LogP contribution in [0.1, 0.15) is 34.8 Å². The lowest BCUT2D eigenvalue weighted by atomic mass is 10.0. The van der Waals surface area contributed by atoms with Gasteiger partial charge >= 0.3 is 6.18 Å². The lowest BCUT2D eigenvalue weighted by molar-refractivity contribution is -0.141. The molecule has 1 aromatic carbocycles. The van der Waals surface area contributed by atoms with Gasteiger partial charge < -0.3 is 5.32 Å². The van der Waals surface area contributed by atoms with E-state index in [9.17, 15) is 13.2 Å². The number of nitrogens with zero attached hydrogens (tertiary/aromatic N) is 1. The number of hydrogen-bond acceptors (Lipinski definition) is 2. The molecule has 21 heavy (non-hydrogen) atoms. The van der Waals surface area contributed by atoms with Gasteiger partial charge in [0.1, 0.15) is 5.69 Å². The van der Waals surface area contributed by atoms with Crippen LogP contribution in [0.5, 0.6) is 0 Å². The Labute approximate surface area is 121 Å². The molecule has 1 unspecified atom stereocenters. The minimum absolute atomic E-state index is 0.137. The molecule has 0 radical (unpaired) electrons. The molecule has 1 N–H and O–H groups in total. The summed E-state index contributed by atoms with van der Waals surface area (Å²) in [7, 11) is 0. The molecule has 1 heterocycles. The highest BCUT2D eigenvalue weighted by atomic mass is 19.4. The molecule has 1 aliphatic carbocycles. The monoisotopic (exact) mass is 292 g/mol. The predicted molar refractivity (Wildman–Crippen MR) is 75.1 cm³/mol. The van der Waals surface area contributed by atoms with Crippen LogP contribution < -0.4 is 5.32 Å². The second-order valence-electron chi connectivity index (χ2n) is 5.37. The molecule has 0 spiro atoms. The molecule has 2 nitrogen and oxygen atoms in total. The van der Waals surface area contributed by atoms with Crippen LogP contribution in [0.3, 0.4) is 0 Å². The summed E-state index contributed by atoms with van der Waals surface area (Å²) in [6, 6.07) is 8.92. The van der Waals surface area contributed by atoms with Crippen molar-refractivity contribution in [2.75, 3.05) is 5.32 Å². The summed E-state index contributed by atoms with van der Waals surface area (Å²) >= 11 is 0. The van der Waals surface area contributed by atoms with Crippen LogP contribution in [0.2, 0.25) is 0 Å². The summed E-state index contributed by atoms with van der Waals surface area (Å²) in [5.41, 5.74) is 3.47. The molecule has 2 aromatic rings. The van der Waals surface area contributed by atoms with Crippen molar-refractivity contribution in [2.24, 2.45) is 0 Å². The standard InChI is InChI=1S/C16H15F3N2/c1-10-2-3-11-4-6-14(13(11)8-10)21-12-5-7-15(20-9-12)16(17,18)19/h2-3,5,7-9,14,21H,4,6H2,1H3. The first-order chi connectivity index (χ1) is 9.93. The molecular formula is C16H15F3N2. The molecule has 3 rings (SSSR count). The molecule has 110 valence electrons. The SMILES string of the molecule is Cc1ccc2c(c1)C(Nc1ccc(C(F)(F)F)nc1)CC2. The summed E-state index contributed by atoms with van der Waals surface area (Å²) < 4.78 is 37.4. The van der Waals surface area contributed by atoms with Crippen LogP contribution in [-0.2, 0) is 12.6 Å². The van der Waals surface area contributed by atoms with Crippen molar-refractivity contribution in [3.8, 4) is 0 Å². The summed E-state index contributed by atoms with van der Waals surface area (Å²) in [6.07, 6.45) is -1.21. The highest BCUT2D eigenvalue weighted by Crippen LogP contribution is 2.35. The Kier molecular flexibility index (Phi) is 3.35. The Bertz CT molecular complexity index is 648. The van der Waals surface area contributed by atoms with E-state index in [0.717, 1.165) is 18.9 Å². The largest absolute Gasteiger partial charge is 0.433 e. The fourth-order valence-corrected chi connectivity index (χ4v) is 2.72. The van der Waals surface area contributed by atoms with Gasteiger partial charge in [0.2, 0.25) is 0 Å². The topological polar surface area (TPSA) is 24.9 Å². The highest BCUT2D eigenvalue weighted by Gasteiger charge is 2.32. The first kappa shape index (κ1) is 13.9. The lowest BCUT2D eigenvalue weighted by Gasteiger charge is -2.16. The number of halogens is 3. The number of aryl methyl sites for hydroxylation is 2. The van der Waals surface area contributed by atoms with E-state index in [1.165, 1.54) is 29.0 Å². The smallest absolute Gasteiger partial charge is 0.377 e. The molecule has 1 aromatic heterocycles. The number of anilines is 1. The van der Waals surface area contributed by atoms with E-state index in [1.54, 1.807) is 0 Å². The number of benzene rings is 1. The van der Waals surface area contributed by atoms with Gasteiger partial charge in [-0.05, 0) is 43.0 Å². The van der Waals surface area contributed by atoms with Crippen molar-refractivity contribution >= 4 is 5.69 Å². The second-order valence-corrected chi connectivity index (χ2v) is 5.37. The van der Waals surface area contributed by atoms with E-state index in [1.807, 2.05) is 6.92 Å². The van der Waals surface area contributed by atoms with E-state index < -0.39 is 11.9 Å². The molecule has 0 fully saturated rings. The van der Waals surface area contributed by atoms with Crippen molar-refractivity contribution in [3.05, 3.63) is 58.9 Å². The van der Waals surface area contributed by atoms with Gasteiger partial charge in [-0.1, -0.05) is 23.8 Å². The summed E-state index contributed by atoms with van der Waals surface area (Å²) in [5, 5.41) is 3.27. The van der Waals surface area contributed by atoms with E-state index in [4.69, 9.17) is 0 Å². The van der Waals surface area contributed by atoms with Gasteiger partial charge in [-0.2, -0.15) is 13.2 Å². The second kappa shape index (κ2) is 5.06. The first-order valence-corrected chi connectivity index (χ1v) is 6.83. The molecule has 0 bridgehead atoms. The maximum absolute atomic E-state index is 12.5. The number of aromatic nitrogens is 1. The Hall–Kier alpha value is -2.04. The molecule has 0 aliphatic heterocycles. The highest BCUT2D eigenvalue weighted by molar-refractivity contribution is 5.48. The van der Waals surface area contributed by atoms with E-state index >= 15 is 0 Å². The van der Waals surface area contributed by atoms with Crippen molar-refractivity contribution in [1.29, 1.82) is 0 Å². The number of nitrogens with one attached hydrogen (secondary N) is 1. The third-order valence-corrected chi connectivity index (χ3v) is 3.77. The van der Waals surface area contributed by atoms with Gasteiger partial charge in [0.05, 0.1) is 17.9 Å². The minimum atomic E-state index is -4.39. The van der Waals surface area contributed by atoms with E-state index in [0.29, 0.717) is 5.69 Å². The van der Waals surface area contributed by atoms with Gasteiger partial charge in [0.15, 0.2) is 0 Å². The maximum Gasteiger partial charge on any atom is 0.433 e. The number of alkyl halides is 3. The minimum Gasteiger partial charge on any atom is -0.377 e. The average Bonchev–Trinajstić information content (AvgIpc) is 2.81. The molecule has 5 heteroatoms. The lowest BCUT2D eigenvalue weighted by Crippen LogP contribution is -2.10. The Morgan fingerprint density at radius 1 is 1.19 bits per heavy atom. The van der Waals surface area contributed by atoms with Crippen LogP contribution >= 0.6 is 0 Å². The third kappa shape index (κ3) is 2.86. The van der Waals surface area contributed by atoms with Crippen LogP contribution in [0.4, 0.5) is 18.9 Å². The molecule has 1 atom stereocenters. The predicted octanol–water partition coefficient (Wildman–Crippen LogP) is 4.51. The van der Waals surface area contributed by atoms with Crippen molar-refractivity contribution in [1.82, 2.24) is 4.98 Å². The number of hydrogen-bond donors (Lipinski definition) is 1. The summed E-state index contributed by atoms with van der Waals surface area (Å²) in [5.74, 6) is 0. The fraction of sp³-hybridized carbons (Fsp3) is 0.312. The van der Waals surface area contributed by atoms with Crippen LogP contribution in [0.15, 0.2) is 36.5 Å². The molecule has 0 saturated carbocycles. The number of pyridine rings is 1. The van der Waals surface area contributed by atoms with Crippen LogP contribution in [-0.4, -0.2) is 4.98 Å². The average molecular weight is 292 g/mol. The quantitative estimate of drug-likeness (QED) is 0.881. The van der Waals surface area contributed by atoms with Crippen LogP contribution in [0, 0.1) is 6.92 Å². The molecule has 1 aliphatic rings. The first-order valence-electron chi connectivity index (χ1n) is 6.83. The van der Waals surface area contributed by atoms with E-state index in [2.05, 4.69) is 28.5 Å². The third-order valence-electron chi connectivity index (χ3n) is 3.77. The van der Waals surface area contributed by atoms with Gasteiger partial charge in [0.25, 0.3) is 0 Å². The van der Waals surface area contributed by atoms with Crippen molar-refractivity contribution in [3.63, 3.8) is 0 Å². The normalized spacial score (nSPS) is 17.6. The maximum atomic E-state index is 12.5. The zero-order valence-corrected chi connectivity index (χ0v) is 11.5. The van der Waals surface area contributed by atoms with Gasteiger partial charge in [-0.25, -0.2) is 4.98 Å². The fourth-order valence-electron chi connectivity index (χ4n) is 2.72. The summed E-state index contributed by atoms with van der Waals surface area (Å²) in [6.45, 7) is 2.04. The van der Waals surface area contributed by atoms with Gasteiger partial charge in [0, 0.05) is 0 Å². The van der Waals surface area contributed by atoms with Gasteiger partial charge in [-0.3, -0.25) is 0 Å².